The fraction of sp³-hybridized carbons (Fsp3) is 0.304. The highest BCUT2D eigenvalue weighted by atomic mass is 19.1. The SMILES string of the molecule is O=C1CN(C(=O)C2CCCN(Cc3nc(-c4ccc(F)cc4)no3)C2)c2ccccc2N1. The zero-order valence-corrected chi connectivity index (χ0v) is 17.3. The molecule has 8 nitrogen and oxygen atoms in total. The van der Waals surface area contributed by atoms with Gasteiger partial charge in [0.15, 0.2) is 0 Å². The highest BCUT2D eigenvalue weighted by Crippen LogP contribution is 2.31. The number of rotatable bonds is 4. The van der Waals surface area contributed by atoms with Gasteiger partial charge in [-0.25, -0.2) is 4.39 Å². The van der Waals surface area contributed by atoms with Crippen LogP contribution in [0.3, 0.4) is 0 Å². The minimum absolute atomic E-state index is 0.0248. The van der Waals surface area contributed by atoms with Gasteiger partial charge < -0.3 is 14.7 Å². The van der Waals surface area contributed by atoms with Crippen molar-refractivity contribution in [2.45, 2.75) is 19.4 Å². The van der Waals surface area contributed by atoms with Crippen molar-refractivity contribution in [3.8, 4) is 11.4 Å². The number of carbonyl (C=O) groups excluding carboxylic acids is 2. The topological polar surface area (TPSA) is 91.6 Å². The third kappa shape index (κ3) is 4.11. The molecule has 2 amide bonds. The van der Waals surface area contributed by atoms with Gasteiger partial charge in [-0.15, -0.1) is 0 Å². The largest absolute Gasteiger partial charge is 0.338 e. The minimum atomic E-state index is -0.324. The number of aromatic nitrogens is 2. The van der Waals surface area contributed by atoms with Crippen LogP contribution in [0.4, 0.5) is 15.8 Å². The van der Waals surface area contributed by atoms with E-state index in [0.717, 1.165) is 25.1 Å². The summed E-state index contributed by atoms with van der Waals surface area (Å²) in [7, 11) is 0. The molecule has 2 aliphatic heterocycles. The Morgan fingerprint density at radius 2 is 2.00 bits per heavy atom. The third-order valence-corrected chi connectivity index (χ3v) is 5.82. The second-order valence-corrected chi connectivity index (χ2v) is 8.08. The lowest BCUT2D eigenvalue weighted by Gasteiger charge is -2.36. The first-order valence-electron chi connectivity index (χ1n) is 10.6. The summed E-state index contributed by atoms with van der Waals surface area (Å²) >= 11 is 0. The molecule has 2 aliphatic rings. The molecule has 0 bridgehead atoms. The van der Waals surface area contributed by atoms with Gasteiger partial charge in [-0.1, -0.05) is 17.3 Å². The van der Waals surface area contributed by atoms with Gasteiger partial charge in [-0.2, -0.15) is 4.98 Å². The van der Waals surface area contributed by atoms with Crippen LogP contribution in [-0.4, -0.2) is 46.5 Å². The second-order valence-electron chi connectivity index (χ2n) is 8.08. The van der Waals surface area contributed by atoms with E-state index in [4.69, 9.17) is 4.52 Å². The van der Waals surface area contributed by atoms with Crippen LogP contribution in [0.25, 0.3) is 11.4 Å². The monoisotopic (exact) mass is 435 g/mol. The number of anilines is 2. The number of piperidine rings is 1. The van der Waals surface area contributed by atoms with Crippen LogP contribution < -0.4 is 10.2 Å². The van der Waals surface area contributed by atoms with Gasteiger partial charge in [0.1, 0.15) is 12.4 Å². The van der Waals surface area contributed by atoms with Crippen molar-refractivity contribution in [2.75, 3.05) is 29.9 Å². The fourth-order valence-electron chi connectivity index (χ4n) is 4.28. The Morgan fingerprint density at radius 1 is 1.19 bits per heavy atom. The molecule has 1 fully saturated rings. The first kappa shape index (κ1) is 20.3. The molecule has 3 heterocycles. The zero-order chi connectivity index (χ0) is 22.1. The third-order valence-electron chi connectivity index (χ3n) is 5.82. The van der Waals surface area contributed by atoms with E-state index < -0.39 is 0 Å². The molecule has 0 spiro atoms. The van der Waals surface area contributed by atoms with E-state index in [2.05, 4.69) is 20.4 Å². The molecule has 1 N–H and O–H groups in total. The smallest absolute Gasteiger partial charge is 0.244 e. The Labute approximate surface area is 184 Å². The standard InChI is InChI=1S/C23H22FN5O3/c24-17-9-7-15(8-10-17)22-26-21(32-27-22)14-28-11-3-4-16(12-28)23(31)29-13-20(30)25-18-5-1-2-6-19(18)29/h1-2,5-10,16H,3-4,11-14H2,(H,25,30). The van der Waals surface area contributed by atoms with E-state index >= 15 is 0 Å². The van der Waals surface area contributed by atoms with Crippen molar-refractivity contribution in [3.63, 3.8) is 0 Å². The quantitative estimate of drug-likeness (QED) is 0.677. The van der Waals surface area contributed by atoms with Gasteiger partial charge in [-0.3, -0.25) is 14.5 Å². The van der Waals surface area contributed by atoms with Crippen molar-refractivity contribution >= 4 is 23.2 Å². The van der Waals surface area contributed by atoms with Gasteiger partial charge in [0.25, 0.3) is 0 Å². The lowest BCUT2D eigenvalue weighted by Crippen LogP contribution is -2.48. The van der Waals surface area contributed by atoms with Gasteiger partial charge in [-0.05, 0) is 55.8 Å². The summed E-state index contributed by atoms with van der Waals surface area (Å²) in [5.74, 6) is 0.0663. The van der Waals surface area contributed by atoms with Gasteiger partial charge >= 0.3 is 0 Å². The summed E-state index contributed by atoms with van der Waals surface area (Å²) in [6, 6.07) is 13.3. The second kappa shape index (κ2) is 8.51. The molecule has 1 saturated heterocycles. The van der Waals surface area contributed by atoms with Crippen LogP contribution in [0, 0.1) is 11.7 Å². The van der Waals surface area contributed by atoms with Gasteiger partial charge in [0.2, 0.25) is 23.5 Å². The Bertz CT molecular complexity index is 1150. The van der Waals surface area contributed by atoms with Crippen LogP contribution in [0.5, 0.6) is 0 Å². The number of likely N-dealkylation sites (tertiary alicyclic amines) is 1. The summed E-state index contributed by atoms with van der Waals surface area (Å²) in [6.45, 7) is 1.81. The molecule has 2 aromatic carbocycles. The molecule has 0 saturated carbocycles. The predicted molar refractivity (Wildman–Crippen MR) is 115 cm³/mol. The molecule has 3 aromatic rings. The van der Waals surface area contributed by atoms with Gasteiger partial charge in [0, 0.05) is 12.1 Å². The van der Waals surface area contributed by atoms with Crippen molar-refractivity contribution in [2.24, 2.45) is 5.92 Å². The molecule has 32 heavy (non-hydrogen) atoms. The van der Waals surface area contributed by atoms with Crippen molar-refractivity contribution in [1.29, 1.82) is 0 Å². The van der Waals surface area contributed by atoms with E-state index in [-0.39, 0.29) is 30.1 Å². The minimum Gasteiger partial charge on any atom is -0.338 e. The highest BCUT2D eigenvalue weighted by molar-refractivity contribution is 6.10. The maximum atomic E-state index is 13.3. The lowest BCUT2D eigenvalue weighted by atomic mass is 9.95. The van der Waals surface area contributed by atoms with Crippen LogP contribution in [0.2, 0.25) is 0 Å². The Balaban J connectivity index is 1.27. The number of nitrogens with zero attached hydrogens (tertiary/aromatic N) is 4. The Kier molecular flexibility index (Phi) is 5.40. The summed E-state index contributed by atoms with van der Waals surface area (Å²) < 4.78 is 18.5. The number of hydrogen-bond acceptors (Lipinski definition) is 6. The van der Waals surface area contributed by atoms with Crippen LogP contribution in [0.1, 0.15) is 18.7 Å². The molecule has 5 rings (SSSR count). The Morgan fingerprint density at radius 3 is 2.84 bits per heavy atom. The van der Waals surface area contributed by atoms with Crippen LogP contribution in [0.15, 0.2) is 53.1 Å². The van der Waals surface area contributed by atoms with Crippen LogP contribution >= 0.6 is 0 Å². The number of benzene rings is 2. The molecule has 164 valence electrons. The fourth-order valence-corrected chi connectivity index (χ4v) is 4.28. The first-order chi connectivity index (χ1) is 15.6. The molecule has 1 atom stereocenters. The molecule has 9 heteroatoms. The summed E-state index contributed by atoms with van der Waals surface area (Å²) in [6.07, 6.45) is 1.62. The molecule has 0 radical (unpaired) electrons. The number of amides is 2. The summed E-state index contributed by atoms with van der Waals surface area (Å²) in [4.78, 5) is 33.5. The average Bonchev–Trinajstić information content (AvgIpc) is 3.27. The maximum Gasteiger partial charge on any atom is 0.244 e. The Hall–Kier alpha value is -3.59. The maximum absolute atomic E-state index is 13.3. The van der Waals surface area contributed by atoms with Crippen molar-refractivity contribution < 1.29 is 18.5 Å². The normalized spacial score (nSPS) is 18.8. The summed E-state index contributed by atoms with van der Waals surface area (Å²) in [5.41, 5.74) is 2.06. The van der Waals surface area contributed by atoms with E-state index in [1.165, 1.54) is 12.1 Å². The number of hydrogen-bond donors (Lipinski definition) is 1. The lowest BCUT2D eigenvalue weighted by molar-refractivity contribution is -0.126. The average molecular weight is 435 g/mol. The first-order valence-corrected chi connectivity index (χ1v) is 10.6. The van der Waals surface area contributed by atoms with Crippen LogP contribution in [-0.2, 0) is 16.1 Å². The molecule has 1 unspecified atom stereocenters. The van der Waals surface area contributed by atoms with Crippen molar-refractivity contribution in [3.05, 3.63) is 60.2 Å². The summed E-state index contributed by atoms with van der Waals surface area (Å²) in [5, 5.41) is 6.80. The molecule has 1 aromatic heterocycles. The molecular formula is C23H22FN5O3. The van der Waals surface area contributed by atoms with Gasteiger partial charge in [0.05, 0.1) is 23.8 Å². The van der Waals surface area contributed by atoms with E-state index in [1.807, 2.05) is 18.2 Å². The highest BCUT2D eigenvalue weighted by Gasteiger charge is 2.34. The number of nitrogens with one attached hydrogen (secondary N) is 1. The van der Waals surface area contributed by atoms with E-state index in [1.54, 1.807) is 23.1 Å². The number of carbonyl (C=O) groups is 2. The predicted octanol–water partition coefficient (Wildman–Crippen LogP) is 3.07. The number of halogens is 1. The van der Waals surface area contributed by atoms with E-state index in [9.17, 15) is 14.0 Å². The van der Waals surface area contributed by atoms with Crippen molar-refractivity contribution in [1.82, 2.24) is 15.0 Å². The molecule has 0 aliphatic carbocycles. The molecular weight excluding hydrogens is 413 g/mol. The number of para-hydroxylation sites is 2. The number of fused-ring (bicyclic) bond motifs is 1. The zero-order valence-electron chi connectivity index (χ0n) is 17.3. The van der Waals surface area contributed by atoms with E-state index in [0.29, 0.717) is 36.1 Å².